The first-order chi connectivity index (χ1) is 8.04. The Labute approximate surface area is 110 Å². The summed E-state index contributed by atoms with van der Waals surface area (Å²) in [5.41, 5.74) is 6.77. The summed E-state index contributed by atoms with van der Waals surface area (Å²) in [5.74, 6) is 0.693. The van der Waals surface area contributed by atoms with Crippen LogP contribution in [0.1, 0.15) is 18.5 Å². The van der Waals surface area contributed by atoms with E-state index < -0.39 is 6.10 Å². The van der Waals surface area contributed by atoms with Gasteiger partial charge >= 0.3 is 0 Å². The van der Waals surface area contributed by atoms with E-state index in [1.807, 2.05) is 25.1 Å². The van der Waals surface area contributed by atoms with Gasteiger partial charge in [-0.25, -0.2) is 0 Å². The normalized spacial score (nSPS) is 14.4. The van der Waals surface area contributed by atoms with Crippen molar-refractivity contribution in [2.24, 2.45) is 5.73 Å². The number of nitrogens with two attached hydrogens (primary N) is 1. The zero-order valence-electron chi connectivity index (χ0n) is 10.0. The molecule has 0 saturated heterocycles. The average molecular weight is 304 g/mol. The Balaban J connectivity index is 2.70. The zero-order valence-corrected chi connectivity index (χ0v) is 11.6. The zero-order chi connectivity index (χ0) is 12.8. The van der Waals surface area contributed by atoms with Gasteiger partial charge in [-0.2, -0.15) is 0 Å². The maximum absolute atomic E-state index is 9.50. The fraction of sp³-hybridized carbons (Fsp3) is 0.500. The maximum Gasteiger partial charge on any atom is 0.124 e. The summed E-state index contributed by atoms with van der Waals surface area (Å²) in [6.45, 7) is 2.33. The van der Waals surface area contributed by atoms with E-state index in [1.165, 1.54) is 7.11 Å². The number of hydrogen-bond acceptors (Lipinski definition) is 4. The second-order valence-electron chi connectivity index (χ2n) is 3.89. The topological polar surface area (TPSA) is 64.7 Å². The smallest absolute Gasteiger partial charge is 0.124 e. The number of benzene rings is 1. The third kappa shape index (κ3) is 4.63. The van der Waals surface area contributed by atoms with Gasteiger partial charge in [-0.1, -0.05) is 15.9 Å². The van der Waals surface area contributed by atoms with Crippen LogP contribution in [0.2, 0.25) is 0 Å². The largest absolute Gasteiger partial charge is 0.490 e. The number of methoxy groups -OCH3 is 1. The van der Waals surface area contributed by atoms with Crippen molar-refractivity contribution in [1.82, 2.24) is 0 Å². The predicted molar refractivity (Wildman–Crippen MR) is 70.1 cm³/mol. The van der Waals surface area contributed by atoms with E-state index in [0.717, 1.165) is 10.0 Å². The lowest BCUT2D eigenvalue weighted by Crippen LogP contribution is -2.23. The molecule has 96 valence electrons. The standard InChI is InChI=1S/C12H18BrNO3/c1-8(14)11-5-9(13)3-4-12(11)17-7-10(15)6-16-2/h3-5,8,10,15H,6-7,14H2,1-2H3. The van der Waals surface area contributed by atoms with Crippen molar-refractivity contribution in [1.29, 1.82) is 0 Å². The summed E-state index contributed by atoms with van der Waals surface area (Å²) in [7, 11) is 1.54. The van der Waals surface area contributed by atoms with Crippen LogP contribution in [0.15, 0.2) is 22.7 Å². The molecule has 4 nitrogen and oxygen atoms in total. The Morgan fingerprint density at radius 2 is 2.12 bits per heavy atom. The van der Waals surface area contributed by atoms with Gasteiger partial charge in [0.1, 0.15) is 18.5 Å². The van der Waals surface area contributed by atoms with Gasteiger partial charge in [0.25, 0.3) is 0 Å². The van der Waals surface area contributed by atoms with Crippen molar-refractivity contribution in [3.05, 3.63) is 28.2 Å². The highest BCUT2D eigenvalue weighted by Gasteiger charge is 2.11. The van der Waals surface area contributed by atoms with Gasteiger partial charge in [0, 0.05) is 23.2 Å². The number of aliphatic hydroxyl groups is 1. The van der Waals surface area contributed by atoms with Crippen LogP contribution in [-0.2, 0) is 4.74 Å². The molecular formula is C12H18BrNO3. The molecule has 0 amide bonds. The Hall–Kier alpha value is -0.620. The summed E-state index contributed by atoms with van der Waals surface area (Å²) in [4.78, 5) is 0. The molecule has 1 aromatic carbocycles. The quantitative estimate of drug-likeness (QED) is 0.842. The number of aliphatic hydroxyl groups excluding tert-OH is 1. The Kier molecular flexibility index (Phi) is 5.91. The molecular weight excluding hydrogens is 286 g/mol. The van der Waals surface area contributed by atoms with E-state index >= 15 is 0 Å². The molecule has 0 heterocycles. The van der Waals surface area contributed by atoms with Crippen LogP contribution in [0.4, 0.5) is 0 Å². The van der Waals surface area contributed by atoms with Crippen LogP contribution >= 0.6 is 15.9 Å². The van der Waals surface area contributed by atoms with Crippen molar-refractivity contribution in [2.45, 2.75) is 19.1 Å². The van der Waals surface area contributed by atoms with Gasteiger partial charge in [-0.05, 0) is 25.1 Å². The molecule has 0 radical (unpaired) electrons. The molecule has 1 aromatic rings. The van der Waals surface area contributed by atoms with E-state index in [0.29, 0.717) is 5.75 Å². The summed E-state index contributed by atoms with van der Waals surface area (Å²) in [6.07, 6.45) is -0.635. The Bertz CT molecular complexity index is 358. The highest BCUT2D eigenvalue weighted by Crippen LogP contribution is 2.27. The monoisotopic (exact) mass is 303 g/mol. The lowest BCUT2D eigenvalue weighted by atomic mass is 10.1. The van der Waals surface area contributed by atoms with Crippen LogP contribution in [0.3, 0.4) is 0 Å². The molecule has 3 N–H and O–H groups in total. The van der Waals surface area contributed by atoms with Gasteiger partial charge < -0.3 is 20.3 Å². The molecule has 0 aliphatic rings. The second-order valence-corrected chi connectivity index (χ2v) is 4.81. The summed E-state index contributed by atoms with van der Waals surface area (Å²) in [5, 5.41) is 9.50. The van der Waals surface area contributed by atoms with Crippen LogP contribution < -0.4 is 10.5 Å². The number of halogens is 1. The van der Waals surface area contributed by atoms with Crippen LogP contribution in [0.25, 0.3) is 0 Å². The van der Waals surface area contributed by atoms with Gasteiger partial charge in [-0.15, -0.1) is 0 Å². The molecule has 5 heteroatoms. The average Bonchev–Trinajstić information content (AvgIpc) is 2.27. The van der Waals surface area contributed by atoms with Crippen molar-refractivity contribution < 1.29 is 14.6 Å². The van der Waals surface area contributed by atoms with E-state index in [-0.39, 0.29) is 19.3 Å². The second kappa shape index (κ2) is 6.96. The van der Waals surface area contributed by atoms with Gasteiger partial charge in [0.15, 0.2) is 0 Å². The molecule has 0 aromatic heterocycles. The molecule has 0 spiro atoms. The number of hydrogen-bond donors (Lipinski definition) is 2. The van der Waals surface area contributed by atoms with E-state index in [4.69, 9.17) is 15.2 Å². The molecule has 0 saturated carbocycles. The fourth-order valence-electron chi connectivity index (χ4n) is 1.43. The first-order valence-electron chi connectivity index (χ1n) is 5.39. The minimum atomic E-state index is -0.635. The van der Waals surface area contributed by atoms with Gasteiger partial charge in [0.05, 0.1) is 6.61 Å². The molecule has 0 bridgehead atoms. The van der Waals surface area contributed by atoms with E-state index in [9.17, 15) is 5.11 Å². The number of ether oxygens (including phenoxy) is 2. The summed E-state index contributed by atoms with van der Waals surface area (Å²) < 4.78 is 11.3. The molecule has 0 aliphatic heterocycles. The predicted octanol–water partition coefficient (Wildman–Crippen LogP) is 1.85. The molecule has 0 fully saturated rings. The fourth-order valence-corrected chi connectivity index (χ4v) is 1.81. The highest BCUT2D eigenvalue weighted by atomic mass is 79.9. The third-order valence-corrected chi connectivity index (χ3v) is 2.75. The highest BCUT2D eigenvalue weighted by molar-refractivity contribution is 9.10. The maximum atomic E-state index is 9.50. The SMILES string of the molecule is COCC(O)COc1ccc(Br)cc1C(C)N. The minimum absolute atomic E-state index is 0.123. The van der Waals surface area contributed by atoms with Crippen LogP contribution in [0.5, 0.6) is 5.75 Å². The first kappa shape index (κ1) is 14.4. The summed E-state index contributed by atoms with van der Waals surface area (Å²) in [6, 6.07) is 5.51. The lowest BCUT2D eigenvalue weighted by Gasteiger charge is -2.16. The molecule has 0 aliphatic carbocycles. The van der Waals surface area contributed by atoms with Crippen LogP contribution in [0, 0.1) is 0 Å². The Morgan fingerprint density at radius 3 is 2.71 bits per heavy atom. The lowest BCUT2D eigenvalue weighted by molar-refractivity contribution is 0.0322. The molecule has 2 atom stereocenters. The van der Waals surface area contributed by atoms with E-state index in [1.54, 1.807) is 0 Å². The summed E-state index contributed by atoms with van der Waals surface area (Å²) >= 11 is 3.39. The number of rotatable bonds is 6. The van der Waals surface area contributed by atoms with Crippen molar-refractivity contribution in [2.75, 3.05) is 20.3 Å². The van der Waals surface area contributed by atoms with Crippen molar-refractivity contribution in [3.8, 4) is 5.75 Å². The van der Waals surface area contributed by atoms with Gasteiger partial charge in [0.2, 0.25) is 0 Å². The third-order valence-electron chi connectivity index (χ3n) is 2.25. The first-order valence-corrected chi connectivity index (χ1v) is 6.18. The van der Waals surface area contributed by atoms with Crippen molar-refractivity contribution >= 4 is 15.9 Å². The Morgan fingerprint density at radius 1 is 1.41 bits per heavy atom. The van der Waals surface area contributed by atoms with E-state index in [2.05, 4.69) is 15.9 Å². The van der Waals surface area contributed by atoms with Crippen molar-refractivity contribution in [3.63, 3.8) is 0 Å². The van der Waals surface area contributed by atoms with Crippen LogP contribution in [-0.4, -0.2) is 31.5 Å². The molecule has 1 rings (SSSR count). The van der Waals surface area contributed by atoms with Gasteiger partial charge in [-0.3, -0.25) is 0 Å². The molecule has 17 heavy (non-hydrogen) atoms. The molecule has 2 unspecified atom stereocenters. The minimum Gasteiger partial charge on any atom is -0.490 e.